The lowest BCUT2D eigenvalue weighted by Gasteiger charge is -2.19. The van der Waals surface area contributed by atoms with Gasteiger partial charge in [-0.1, -0.05) is 0 Å². The molecule has 6 N–H and O–H groups in total. The van der Waals surface area contributed by atoms with Crippen LogP contribution in [0, 0.1) is 21.4 Å². The number of nitrogens with two attached hydrogens (primary N) is 1. The van der Waals surface area contributed by atoms with E-state index in [1.165, 1.54) is 0 Å². The summed E-state index contributed by atoms with van der Waals surface area (Å²) in [6, 6.07) is 7.49. The van der Waals surface area contributed by atoms with Crippen LogP contribution in [-0.4, -0.2) is 66.6 Å². The van der Waals surface area contributed by atoms with E-state index in [-0.39, 0.29) is 5.91 Å². The minimum absolute atomic E-state index is 0.146. The molecule has 0 bridgehead atoms. The molecule has 17 heteroatoms. The minimum Gasteiger partial charge on any atom is -0.478 e. The highest BCUT2D eigenvalue weighted by Gasteiger charge is 2.17. The van der Waals surface area contributed by atoms with Crippen LogP contribution in [0.3, 0.4) is 0 Å². The highest BCUT2D eigenvalue weighted by Crippen LogP contribution is 2.23. The highest BCUT2D eigenvalue weighted by molar-refractivity contribution is 14.1. The van der Waals surface area contributed by atoms with Gasteiger partial charge < -0.3 is 36.3 Å². The first kappa shape index (κ1) is 45.3. The monoisotopic (exact) mass is 1300 g/mol. The van der Waals surface area contributed by atoms with Gasteiger partial charge in [0.15, 0.2) is 0 Å². The van der Waals surface area contributed by atoms with Crippen molar-refractivity contribution in [3.05, 3.63) is 56.8 Å². The molecule has 11 nitrogen and oxygen atoms in total. The van der Waals surface area contributed by atoms with Gasteiger partial charge in [0.2, 0.25) is 0 Å². The first-order chi connectivity index (χ1) is 20.6. The van der Waals surface area contributed by atoms with Crippen LogP contribution in [-0.2, 0) is 9.47 Å². The van der Waals surface area contributed by atoms with Gasteiger partial charge in [-0.05, 0) is 201 Å². The van der Waals surface area contributed by atoms with Crippen molar-refractivity contribution >= 4 is 160 Å². The molecule has 0 fully saturated rings. The molecule has 0 radical (unpaired) electrons. The van der Waals surface area contributed by atoms with E-state index in [9.17, 15) is 19.2 Å². The quantitative estimate of drug-likeness (QED) is 0.109. The third kappa shape index (κ3) is 21.1. The van der Waals surface area contributed by atoms with Gasteiger partial charge in [-0.25, -0.2) is 14.4 Å². The fourth-order valence-corrected chi connectivity index (χ4v) is 7.46. The van der Waals surface area contributed by atoms with E-state index >= 15 is 0 Å². The molecule has 0 aliphatic carbocycles. The average molecular weight is 1300 g/mol. The molecule has 0 aliphatic rings. The fourth-order valence-electron chi connectivity index (χ4n) is 2.67. The molecule has 0 atom stereocenters. The standard InChI is InChI=1S/C14H17I3N2O3.C7H3I3O2.C7H16N2O2/c1-14(2,3)22-13(21)19-5-4-18-12(20)9-6-8(15)7-10(16)11(9)17;8-3-1-4(7(11)12)6(10)5(9)2-3;1-7(2,3)11-6(10)9-5-4-8/h6-7H,4-5H2,1-3H3,(H,18,20)(H,19,21);1-2H,(H,11,12);4-5,8H2,1-3H3,(H,9,10). The largest absolute Gasteiger partial charge is 0.478 e. The van der Waals surface area contributed by atoms with Crippen molar-refractivity contribution in [1.82, 2.24) is 16.0 Å². The van der Waals surface area contributed by atoms with Crippen LogP contribution >= 0.6 is 136 Å². The second kappa shape index (κ2) is 22.1. The zero-order valence-corrected chi connectivity index (χ0v) is 38.3. The smallest absolute Gasteiger partial charge is 0.407 e. The van der Waals surface area contributed by atoms with Gasteiger partial charge in [0, 0.05) is 47.6 Å². The van der Waals surface area contributed by atoms with Gasteiger partial charge in [0.1, 0.15) is 11.2 Å². The Morgan fingerprint density at radius 2 is 1.04 bits per heavy atom. The van der Waals surface area contributed by atoms with E-state index in [1.54, 1.807) is 26.8 Å². The number of halogens is 6. The summed E-state index contributed by atoms with van der Waals surface area (Å²) in [5, 5.41) is 16.7. The first-order valence-corrected chi connectivity index (χ1v) is 19.5. The number of carboxylic acid groups (broad SMARTS) is 1. The third-order valence-electron chi connectivity index (χ3n) is 4.35. The molecule has 252 valence electrons. The Bertz CT molecular complexity index is 1330. The van der Waals surface area contributed by atoms with Gasteiger partial charge >= 0.3 is 18.2 Å². The molecule has 0 saturated carbocycles. The lowest BCUT2D eigenvalue weighted by Crippen LogP contribution is -2.38. The summed E-state index contributed by atoms with van der Waals surface area (Å²) in [5.41, 5.74) is 5.24. The Balaban J connectivity index is 0.000000710. The molecule has 0 unspecified atom stereocenters. The average Bonchev–Trinajstić information content (AvgIpc) is 2.88. The van der Waals surface area contributed by atoms with Crippen LogP contribution in [0.25, 0.3) is 0 Å². The summed E-state index contributed by atoms with van der Waals surface area (Å²) in [4.78, 5) is 45.2. The number of alkyl carbamates (subject to hydrolysis) is 2. The van der Waals surface area contributed by atoms with Gasteiger partial charge in [-0.15, -0.1) is 0 Å². The van der Waals surface area contributed by atoms with Crippen molar-refractivity contribution in [1.29, 1.82) is 0 Å². The summed E-state index contributed by atoms with van der Waals surface area (Å²) >= 11 is 12.8. The predicted molar refractivity (Wildman–Crippen MR) is 226 cm³/mol. The number of carboxylic acids is 1. The van der Waals surface area contributed by atoms with Crippen LogP contribution in [0.4, 0.5) is 9.59 Å². The lowest BCUT2D eigenvalue weighted by atomic mass is 10.2. The maximum atomic E-state index is 12.2. The van der Waals surface area contributed by atoms with Crippen molar-refractivity contribution < 1.29 is 33.8 Å². The molecule has 0 aromatic heterocycles. The SMILES string of the molecule is CC(C)(C)OC(=O)NCCN.CC(C)(C)OC(=O)NCCNC(=O)c1cc(I)cc(I)c1I.O=C(O)c1cc(I)cc(I)c1I. The Morgan fingerprint density at radius 3 is 1.44 bits per heavy atom. The van der Waals surface area contributed by atoms with Gasteiger partial charge in [-0.3, -0.25) is 4.79 Å². The summed E-state index contributed by atoms with van der Waals surface area (Å²) in [6.07, 6.45) is -0.900. The van der Waals surface area contributed by atoms with E-state index in [2.05, 4.69) is 129 Å². The number of aromatic carboxylic acids is 1. The zero-order valence-electron chi connectivity index (χ0n) is 25.4. The van der Waals surface area contributed by atoms with E-state index in [0.717, 1.165) is 21.4 Å². The van der Waals surface area contributed by atoms with Crippen molar-refractivity contribution in [2.75, 3.05) is 26.2 Å². The number of hydrogen-bond donors (Lipinski definition) is 5. The Labute approximate surface area is 346 Å². The number of amides is 3. The van der Waals surface area contributed by atoms with Crippen molar-refractivity contribution in [2.45, 2.75) is 52.7 Å². The van der Waals surface area contributed by atoms with E-state index in [1.807, 2.05) is 61.6 Å². The Kier molecular flexibility index (Phi) is 22.2. The molecule has 0 heterocycles. The maximum Gasteiger partial charge on any atom is 0.407 e. The predicted octanol–water partition coefficient (Wildman–Crippen LogP) is 7.42. The van der Waals surface area contributed by atoms with Gasteiger partial charge in [-0.2, -0.15) is 0 Å². The van der Waals surface area contributed by atoms with Gasteiger partial charge in [0.05, 0.1) is 11.1 Å². The number of carbonyl (C=O) groups excluding carboxylic acids is 3. The second-order valence-corrected chi connectivity index (χ2v) is 17.7. The summed E-state index contributed by atoms with van der Waals surface area (Å²) in [7, 11) is 0. The normalized spacial score (nSPS) is 10.7. The van der Waals surface area contributed by atoms with E-state index < -0.39 is 29.4 Å². The summed E-state index contributed by atoms with van der Waals surface area (Å²) in [6.45, 7) is 12.4. The van der Waals surface area contributed by atoms with E-state index in [0.29, 0.717) is 37.3 Å². The molecule has 45 heavy (non-hydrogen) atoms. The Morgan fingerprint density at radius 1 is 0.667 bits per heavy atom. The highest BCUT2D eigenvalue weighted by atomic mass is 127. The fraction of sp³-hybridized carbons (Fsp3) is 0.429. The summed E-state index contributed by atoms with van der Waals surface area (Å²) < 4.78 is 15.8. The number of carbonyl (C=O) groups is 4. The zero-order chi connectivity index (χ0) is 35.1. The molecule has 0 spiro atoms. The number of benzene rings is 2. The topological polar surface area (TPSA) is 169 Å². The molecule has 3 amide bonds. The lowest BCUT2D eigenvalue weighted by molar-refractivity contribution is 0.0517. The maximum absolute atomic E-state index is 12.2. The number of ether oxygens (including phenoxy) is 2. The number of rotatable bonds is 7. The van der Waals surface area contributed by atoms with E-state index in [4.69, 9.17) is 20.3 Å². The first-order valence-electron chi connectivity index (χ1n) is 13.0. The molecular formula is C28H36I6N4O7. The van der Waals surface area contributed by atoms with Gasteiger partial charge in [0.25, 0.3) is 5.91 Å². The Hall–Kier alpha value is 0.260. The molecule has 0 aliphatic heterocycles. The molecule has 0 saturated heterocycles. The molecule has 2 aromatic carbocycles. The van der Waals surface area contributed by atoms with Crippen LogP contribution in [0.15, 0.2) is 24.3 Å². The number of nitrogens with one attached hydrogen (secondary N) is 3. The third-order valence-corrected chi connectivity index (χ3v) is 11.7. The summed E-state index contributed by atoms with van der Waals surface area (Å²) in [5.74, 6) is -1.01. The molecular weight excluding hydrogens is 1270 g/mol. The molecule has 2 aromatic rings. The number of hydrogen-bond acceptors (Lipinski definition) is 7. The van der Waals surface area contributed by atoms with Crippen LogP contribution in [0.1, 0.15) is 62.3 Å². The van der Waals surface area contributed by atoms with Crippen LogP contribution < -0.4 is 21.7 Å². The van der Waals surface area contributed by atoms with Crippen molar-refractivity contribution in [2.24, 2.45) is 5.73 Å². The van der Waals surface area contributed by atoms with Crippen LogP contribution in [0.5, 0.6) is 0 Å². The van der Waals surface area contributed by atoms with Crippen molar-refractivity contribution in [3.8, 4) is 0 Å². The molecule has 2 rings (SSSR count). The second-order valence-electron chi connectivity index (χ2n) is 10.7. The minimum atomic E-state index is -0.865. The van der Waals surface area contributed by atoms with Crippen molar-refractivity contribution in [3.63, 3.8) is 0 Å². The van der Waals surface area contributed by atoms with Crippen LogP contribution in [0.2, 0.25) is 0 Å².